The van der Waals surface area contributed by atoms with Gasteiger partial charge < -0.3 is 33.5 Å². The Balaban J connectivity index is 1.31. The second-order valence-corrected chi connectivity index (χ2v) is 8.85. The lowest BCUT2D eigenvalue weighted by Crippen LogP contribution is -2.22. The van der Waals surface area contributed by atoms with E-state index in [0.717, 1.165) is 71.0 Å². The second kappa shape index (κ2) is 15.2. The molecule has 8 heteroatoms. The van der Waals surface area contributed by atoms with E-state index < -0.39 is 5.97 Å². The van der Waals surface area contributed by atoms with E-state index in [9.17, 15) is 9.90 Å². The minimum absolute atomic E-state index is 0.0168. The molecule has 2 unspecified atom stereocenters. The monoisotopic (exact) mass is 480 g/mol. The van der Waals surface area contributed by atoms with Crippen LogP contribution in [0.3, 0.4) is 0 Å². The van der Waals surface area contributed by atoms with Crippen LogP contribution in [0.4, 0.5) is 0 Å². The van der Waals surface area contributed by atoms with Crippen LogP contribution in [0.15, 0.2) is 12.1 Å². The van der Waals surface area contributed by atoms with Crippen molar-refractivity contribution in [3.63, 3.8) is 0 Å². The molecule has 2 aliphatic heterocycles. The zero-order valence-corrected chi connectivity index (χ0v) is 20.4. The molecule has 0 aromatic heterocycles. The first-order valence-corrected chi connectivity index (χ1v) is 12.7. The standard InChI is InChI=1S/C26H40O8/c1-20-22(27)18-21(26(28)34-17-9-8-16-33-25-11-3-5-14-31-25)19-23(20)29-12-6-7-15-32-24-10-2-4-13-30-24/h18-19,24-25,27H,2-17H2,1H3. The minimum atomic E-state index is -0.474. The van der Waals surface area contributed by atoms with Gasteiger partial charge in [-0.05, 0) is 83.3 Å². The summed E-state index contributed by atoms with van der Waals surface area (Å²) in [6.07, 6.45) is 9.38. The molecule has 0 radical (unpaired) electrons. The summed E-state index contributed by atoms with van der Waals surface area (Å²) >= 11 is 0. The Kier molecular flexibility index (Phi) is 11.9. The van der Waals surface area contributed by atoms with Crippen molar-refractivity contribution in [2.45, 2.75) is 83.7 Å². The average molecular weight is 481 g/mol. The quantitative estimate of drug-likeness (QED) is 0.297. The van der Waals surface area contributed by atoms with E-state index in [-0.39, 0.29) is 23.9 Å². The highest BCUT2D eigenvalue weighted by Crippen LogP contribution is 2.29. The SMILES string of the molecule is Cc1c(O)cc(C(=O)OCCCCOC2CCCCO2)cc1OCCCCOC1CCCCO1. The van der Waals surface area contributed by atoms with Gasteiger partial charge in [-0.15, -0.1) is 0 Å². The van der Waals surface area contributed by atoms with E-state index in [1.165, 1.54) is 6.07 Å². The van der Waals surface area contributed by atoms with Crippen LogP contribution in [0.1, 0.15) is 80.1 Å². The largest absolute Gasteiger partial charge is 0.508 e. The van der Waals surface area contributed by atoms with Gasteiger partial charge in [0, 0.05) is 32.0 Å². The van der Waals surface area contributed by atoms with Gasteiger partial charge >= 0.3 is 5.97 Å². The van der Waals surface area contributed by atoms with Crippen LogP contribution >= 0.6 is 0 Å². The van der Waals surface area contributed by atoms with Crippen LogP contribution in [0.2, 0.25) is 0 Å². The number of aromatic hydroxyl groups is 1. The average Bonchev–Trinajstić information content (AvgIpc) is 2.86. The predicted octanol–water partition coefficient (Wildman–Crippen LogP) is 4.88. The van der Waals surface area contributed by atoms with Crippen LogP contribution in [-0.4, -0.2) is 63.3 Å². The third-order valence-electron chi connectivity index (χ3n) is 6.02. The number of phenols is 1. The van der Waals surface area contributed by atoms with Gasteiger partial charge in [-0.25, -0.2) is 4.79 Å². The fourth-order valence-corrected chi connectivity index (χ4v) is 3.89. The number of phenolic OH excluding ortho intramolecular Hbond substituents is 1. The lowest BCUT2D eigenvalue weighted by atomic mass is 10.1. The van der Waals surface area contributed by atoms with Gasteiger partial charge in [0.1, 0.15) is 11.5 Å². The molecule has 2 saturated heterocycles. The summed E-state index contributed by atoms with van der Waals surface area (Å²) in [4.78, 5) is 12.4. The molecule has 0 bridgehead atoms. The number of esters is 1. The molecule has 0 amide bonds. The molecule has 2 aliphatic rings. The van der Waals surface area contributed by atoms with Crippen molar-refractivity contribution in [3.8, 4) is 11.5 Å². The minimum Gasteiger partial charge on any atom is -0.508 e. The van der Waals surface area contributed by atoms with E-state index in [2.05, 4.69) is 0 Å². The molecule has 192 valence electrons. The number of carbonyl (C=O) groups is 1. The fourth-order valence-electron chi connectivity index (χ4n) is 3.89. The zero-order valence-electron chi connectivity index (χ0n) is 20.4. The van der Waals surface area contributed by atoms with E-state index in [4.69, 9.17) is 28.4 Å². The molecule has 2 atom stereocenters. The van der Waals surface area contributed by atoms with Gasteiger partial charge in [-0.2, -0.15) is 0 Å². The van der Waals surface area contributed by atoms with Crippen LogP contribution < -0.4 is 4.74 Å². The first-order valence-electron chi connectivity index (χ1n) is 12.7. The third kappa shape index (κ3) is 9.41. The molecule has 0 saturated carbocycles. The van der Waals surface area contributed by atoms with Crippen molar-refractivity contribution in [3.05, 3.63) is 23.3 Å². The first-order chi connectivity index (χ1) is 16.6. The molecular weight excluding hydrogens is 440 g/mol. The summed E-state index contributed by atoms with van der Waals surface area (Å²) in [7, 11) is 0. The summed E-state index contributed by atoms with van der Waals surface area (Å²) in [5.74, 6) is 0.0324. The molecule has 2 heterocycles. The van der Waals surface area contributed by atoms with Crippen molar-refractivity contribution in [2.24, 2.45) is 0 Å². The maximum absolute atomic E-state index is 12.4. The Morgan fingerprint density at radius 2 is 1.47 bits per heavy atom. The molecule has 34 heavy (non-hydrogen) atoms. The van der Waals surface area contributed by atoms with Gasteiger partial charge in [0.15, 0.2) is 12.6 Å². The van der Waals surface area contributed by atoms with Gasteiger partial charge in [0.05, 0.1) is 18.8 Å². The topological polar surface area (TPSA) is 92.7 Å². The molecule has 1 N–H and O–H groups in total. The summed E-state index contributed by atoms with van der Waals surface area (Å²) in [5.41, 5.74) is 0.883. The van der Waals surface area contributed by atoms with Crippen molar-refractivity contribution >= 4 is 5.97 Å². The molecule has 0 aliphatic carbocycles. The van der Waals surface area contributed by atoms with Gasteiger partial charge in [-0.1, -0.05) is 0 Å². The number of rotatable bonds is 14. The van der Waals surface area contributed by atoms with Crippen LogP contribution in [0.5, 0.6) is 11.5 Å². The number of unbranched alkanes of at least 4 members (excludes halogenated alkanes) is 2. The number of benzene rings is 1. The number of ether oxygens (including phenoxy) is 6. The van der Waals surface area contributed by atoms with Crippen LogP contribution in [-0.2, 0) is 23.7 Å². The second-order valence-electron chi connectivity index (χ2n) is 8.85. The maximum atomic E-state index is 12.4. The highest BCUT2D eigenvalue weighted by atomic mass is 16.7. The Hall–Kier alpha value is -1.87. The van der Waals surface area contributed by atoms with Crippen molar-refractivity contribution < 1.29 is 38.3 Å². The van der Waals surface area contributed by atoms with E-state index in [1.54, 1.807) is 13.0 Å². The van der Waals surface area contributed by atoms with Gasteiger partial charge in [-0.3, -0.25) is 0 Å². The number of hydrogen-bond donors (Lipinski definition) is 1. The van der Waals surface area contributed by atoms with Crippen molar-refractivity contribution in [1.29, 1.82) is 0 Å². The van der Waals surface area contributed by atoms with Crippen LogP contribution in [0.25, 0.3) is 0 Å². The van der Waals surface area contributed by atoms with E-state index in [1.807, 2.05) is 0 Å². The summed E-state index contributed by atoms with van der Waals surface area (Å²) < 4.78 is 33.7. The highest BCUT2D eigenvalue weighted by molar-refractivity contribution is 5.90. The van der Waals surface area contributed by atoms with E-state index >= 15 is 0 Å². The Morgan fingerprint density at radius 1 is 0.882 bits per heavy atom. The number of hydrogen-bond acceptors (Lipinski definition) is 8. The van der Waals surface area contributed by atoms with Gasteiger partial charge in [0.25, 0.3) is 0 Å². The predicted molar refractivity (Wildman–Crippen MR) is 126 cm³/mol. The Labute approximate surface area is 202 Å². The first kappa shape index (κ1) is 26.7. The van der Waals surface area contributed by atoms with Crippen molar-refractivity contribution in [2.75, 3.05) is 39.6 Å². The molecule has 3 rings (SSSR count). The Morgan fingerprint density at radius 3 is 2.06 bits per heavy atom. The third-order valence-corrected chi connectivity index (χ3v) is 6.02. The van der Waals surface area contributed by atoms with Crippen LogP contribution in [0, 0.1) is 6.92 Å². The van der Waals surface area contributed by atoms with Crippen molar-refractivity contribution in [1.82, 2.24) is 0 Å². The lowest BCUT2D eigenvalue weighted by Gasteiger charge is -2.22. The molecule has 8 nitrogen and oxygen atoms in total. The zero-order chi connectivity index (χ0) is 24.0. The summed E-state index contributed by atoms with van der Waals surface area (Å²) in [6, 6.07) is 3.05. The molecule has 1 aromatic rings. The summed E-state index contributed by atoms with van der Waals surface area (Å²) in [6.45, 7) is 5.29. The number of carbonyl (C=O) groups excluding carboxylic acids is 1. The Bertz CT molecular complexity index is 726. The maximum Gasteiger partial charge on any atom is 0.338 e. The highest BCUT2D eigenvalue weighted by Gasteiger charge is 2.16. The molecule has 2 fully saturated rings. The fraction of sp³-hybridized carbons (Fsp3) is 0.731. The van der Waals surface area contributed by atoms with E-state index in [0.29, 0.717) is 44.2 Å². The molecular formula is C26H40O8. The smallest absolute Gasteiger partial charge is 0.338 e. The normalized spacial score (nSPS) is 20.7. The lowest BCUT2D eigenvalue weighted by molar-refractivity contribution is -0.163. The molecule has 0 spiro atoms. The molecule has 1 aromatic carbocycles. The summed E-state index contributed by atoms with van der Waals surface area (Å²) in [5, 5.41) is 10.2. The van der Waals surface area contributed by atoms with Gasteiger partial charge in [0.2, 0.25) is 0 Å².